The maximum absolute atomic E-state index is 10.7. The van der Waals surface area contributed by atoms with Gasteiger partial charge in [0.1, 0.15) is 57.3 Å². The minimum atomic E-state index is -0.922. The number of rotatable bonds is 10. The molecule has 1 N–H and O–H groups in total. The van der Waals surface area contributed by atoms with E-state index in [-0.39, 0.29) is 61.0 Å². The molecule has 0 aromatic heterocycles. The molecule has 7 nitrogen and oxygen atoms in total. The first-order chi connectivity index (χ1) is 30.3. The fourth-order valence-electron chi connectivity index (χ4n) is 5.08. The van der Waals surface area contributed by atoms with Crippen LogP contribution in [0.4, 0.5) is 0 Å². The summed E-state index contributed by atoms with van der Waals surface area (Å²) < 4.78 is 37.1. The Morgan fingerprint density at radius 1 is 0.586 bits per heavy atom. The van der Waals surface area contributed by atoms with Crippen LogP contribution in [-0.2, 0) is 28.7 Å². The van der Waals surface area contributed by atoms with Crippen LogP contribution >= 0.6 is 118 Å². The summed E-state index contributed by atoms with van der Waals surface area (Å²) in [7, 11) is 1.70. The molecule has 397 valence electrons. The van der Waals surface area contributed by atoms with Crippen molar-refractivity contribution < 1.29 is 52.1 Å². The Morgan fingerprint density at radius 3 is 1.24 bits per heavy atom. The van der Waals surface area contributed by atoms with Crippen molar-refractivity contribution in [3.05, 3.63) is 115 Å². The van der Waals surface area contributed by atoms with Gasteiger partial charge in [-0.2, -0.15) is 6.92 Å². The molecule has 0 saturated heterocycles. The summed E-state index contributed by atoms with van der Waals surface area (Å²) in [6, 6.07) is 23.2. The second-order valence-corrected chi connectivity index (χ2v) is 27.0. The Labute approximate surface area is 500 Å². The summed E-state index contributed by atoms with van der Waals surface area (Å²) in [4.78, 5) is 10.7. The topological polar surface area (TPSA) is 83.5 Å². The van der Waals surface area contributed by atoms with Gasteiger partial charge in [0.25, 0.3) is 0 Å². The molecule has 0 atom stereocenters. The molecule has 1 radical (unpaired) electrons. The molecule has 1 aliphatic rings. The SMILES string of the molecule is C.C.CC(C)(C)C(C)(C)Oc1cc(Br)ccc1Br.CC(C)(O)C(C)(C)Oc1cc(Br)ccc1Br.CC1(C)Oc2cc(C=O)ccc2C1(C)C.COC(C)(C)C(C)(C)Oc1cc(Br)ccc1Br.C[CH-]I.[V]. The zero-order valence-electron chi connectivity index (χ0n) is 43.1. The van der Waals surface area contributed by atoms with Crippen molar-refractivity contribution in [3.8, 4) is 23.0 Å². The van der Waals surface area contributed by atoms with Crippen LogP contribution in [0.5, 0.6) is 23.0 Å². The number of methoxy groups -OCH3 is 1. The molecule has 15 heteroatoms. The summed E-state index contributed by atoms with van der Waals surface area (Å²) in [6.45, 7) is 36.5. The predicted molar refractivity (Wildman–Crippen MR) is 324 cm³/mol. The third-order valence-electron chi connectivity index (χ3n) is 12.7. The van der Waals surface area contributed by atoms with Crippen LogP contribution in [0, 0.1) is 9.84 Å². The summed E-state index contributed by atoms with van der Waals surface area (Å²) >= 11 is 22.9. The van der Waals surface area contributed by atoms with Crippen molar-refractivity contribution in [2.24, 2.45) is 5.41 Å². The van der Waals surface area contributed by atoms with E-state index in [2.05, 4.69) is 180 Å². The second kappa shape index (κ2) is 30.0. The second-order valence-electron chi connectivity index (χ2n) is 20.4. The van der Waals surface area contributed by atoms with Gasteiger partial charge in [-0.05, 0) is 192 Å². The number of aldehydes is 1. The van der Waals surface area contributed by atoms with E-state index in [1.807, 2.05) is 126 Å². The van der Waals surface area contributed by atoms with Gasteiger partial charge in [-0.25, -0.2) is 0 Å². The van der Waals surface area contributed by atoms with E-state index >= 15 is 0 Å². The first kappa shape index (κ1) is 74.1. The number of hydrogen-bond acceptors (Lipinski definition) is 7. The number of halogens is 7. The number of ether oxygens (including phenoxy) is 5. The maximum Gasteiger partial charge on any atom is 0.150 e. The van der Waals surface area contributed by atoms with Crippen molar-refractivity contribution in [2.45, 2.75) is 179 Å². The molecular weight excluding hydrogens is 1430 g/mol. The molecule has 70 heavy (non-hydrogen) atoms. The third kappa shape index (κ3) is 21.5. The number of carbonyl (C=O) groups excluding carboxylic acids is 1. The number of fused-ring (bicyclic) bond motifs is 1. The molecule has 4 aromatic carbocycles. The van der Waals surface area contributed by atoms with Gasteiger partial charge in [-0.1, -0.05) is 109 Å². The smallest absolute Gasteiger partial charge is 0.150 e. The van der Waals surface area contributed by atoms with Crippen molar-refractivity contribution in [2.75, 3.05) is 7.11 Å². The number of hydrogen-bond donors (Lipinski definition) is 1. The molecule has 0 amide bonds. The van der Waals surface area contributed by atoms with Gasteiger partial charge >= 0.3 is 0 Å². The molecule has 0 aliphatic carbocycles. The van der Waals surface area contributed by atoms with Crippen molar-refractivity contribution in [3.63, 3.8) is 0 Å². The van der Waals surface area contributed by atoms with Crippen LogP contribution in [0.15, 0.2) is 99.6 Å². The number of carbonyl (C=O) groups is 1. The van der Waals surface area contributed by atoms with Crippen molar-refractivity contribution >= 4 is 124 Å². The number of aliphatic hydroxyl groups is 1. The van der Waals surface area contributed by atoms with Crippen LogP contribution in [0.2, 0.25) is 0 Å². The summed E-state index contributed by atoms with van der Waals surface area (Å²) in [5.74, 6) is 3.22. The Kier molecular flexibility index (Phi) is 31.7. The van der Waals surface area contributed by atoms with E-state index < -0.39 is 16.8 Å². The molecule has 0 spiro atoms. The van der Waals surface area contributed by atoms with E-state index in [0.29, 0.717) is 11.3 Å². The Bertz CT molecular complexity index is 2160. The first-order valence-electron chi connectivity index (χ1n) is 21.6. The van der Waals surface area contributed by atoms with E-state index in [1.165, 1.54) is 5.56 Å². The van der Waals surface area contributed by atoms with Crippen LogP contribution in [0.1, 0.15) is 155 Å². The van der Waals surface area contributed by atoms with E-state index in [9.17, 15) is 9.90 Å². The summed E-state index contributed by atoms with van der Waals surface area (Å²) in [5, 5.41) is 10.0. The van der Waals surface area contributed by atoms with Gasteiger partial charge in [-0.15, -0.1) is 0 Å². The fraction of sp³-hybridized carbons (Fsp3) is 0.527. The molecule has 4 aromatic rings. The van der Waals surface area contributed by atoms with Crippen LogP contribution in [-0.4, -0.2) is 52.1 Å². The predicted octanol–water partition coefficient (Wildman–Crippen LogP) is 20.2. The monoisotopic (exact) mass is 1500 g/mol. The Hall–Kier alpha value is -0.136. The van der Waals surface area contributed by atoms with Gasteiger partial charge in [-0.3, -0.25) is 9.22 Å². The summed E-state index contributed by atoms with van der Waals surface area (Å²) in [6.07, 6.45) is 0.849. The average Bonchev–Trinajstić information content (AvgIpc) is 3.37. The van der Waals surface area contributed by atoms with Gasteiger partial charge in [0.05, 0.1) is 19.0 Å². The third-order valence-corrected chi connectivity index (χ3v) is 16.1. The largest absolute Gasteiger partial charge is 0.487 e. The fourth-order valence-corrected chi connectivity index (χ4v) is 7.08. The minimum Gasteiger partial charge on any atom is -0.487 e. The molecule has 0 bridgehead atoms. The average molecular weight is 1510 g/mol. The van der Waals surface area contributed by atoms with Crippen LogP contribution < -0.4 is 18.9 Å². The van der Waals surface area contributed by atoms with Gasteiger partial charge in [0, 0.05) is 61.0 Å². The standard InChI is InChI=1S/C13H18Br2O2.C13H18Br2O.C13H16O2.C12H16Br2O2.C2H4I.2CH4.V/c1-12(2,16-5)13(3,4)17-11-8-9(14)6-7-10(11)15;1-12(2,3)13(4,5)16-11-8-9(14)6-7-10(11)15;1-12(2)10-6-5-9(8-14)7-11(10)15-13(12,3)4;1-11(2,15)12(3,4)16-10-7-8(13)5-6-9(10)14;1-2-3;;;/h6-8H,1-5H3;6-8H,1-5H3;5-8H,1-4H3;5-7,15H,1-4H3;2H,1H3;2*1H4;/q;;;;-1;;;. The van der Waals surface area contributed by atoms with Gasteiger partial charge in [0.15, 0.2) is 0 Å². The Morgan fingerprint density at radius 2 is 0.929 bits per heavy atom. The first-order valence-corrected chi connectivity index (χ1v) is 27.6. The van der Waals surface area contributed by atoms with Crippen molar-refractivity contribution in [1.82, 2.24) is 0 Å². The molecule has 1 heterocycles. The van der Waals surface area contributed by atoms with Crippen LogP contribution in [0.25, 0.3) is 0 Å². The zero-order valence-corrected chi connectivity index (χ0v) is 56.1. The van der Waals surface area contributed by atoms with Gasteiger partial charge in [0.2, 0.25) is 0 Å². The zero-order chi connectivity index (χ0) is 52.4. The summed E-state index contributed by atoms with van der Waals surface area (Å²) in [5.41, 5.74) is -0.961. The van der Waals surface area contributed by atoms with Crippen molar-refractivity contribution in [1.29, 1.82) is 0 Å². The minimum absolute atomic E-state index is 0. The van der Waals surface area contributed by atoms with E-state index in [4.69, 9.17) is 23.7 Å². The molecule has 1 aliphatic heterocycles. The molecule has 0 unspecified atom stereocenters. The molecule has 5 rings (SSSR count). The van der Waals surface area contributed by atoms with Gasteiger partial charge < -0.3 is 51.4 Å². The molecule has 0 fully saturated rings. The van der Waals surface area contributed by atoms with E-state index in [1.54, 1.807) is 21.0 Å². The molecular formula is C55H80Br6IO7V-. The normalized spacial score (nSPS) is 13.5. The van der Waals surface area contributed by atoms with Crippen LogP contribution in [0.3, 0.4) is 0 Å². The number of benzene rings is 4. The Balaban J connectivity index is -0.000000827. The van der Waals surface area contributed by atoms with E-state index in [0.717, 1.165) is 50.4 Å². The quantitative estimate of drug-likeness (QED) is 0.0962. The molecule has 0 saturated carbocycles. The maximum atomic E-state index is 10.7.